The van der Waals surface area contributed by atoms with E-state index in [0.29, 0.717) is 17.8 Å². The zero-order valence-corrected chi connectivity index (χ0v) is 14.2. The Kier molecular flexibility index (Phi) is 3.16. The van der Waals surface area contributed by atoms with Crippen molar-refractivity contribution in [2.24, 2.45) is 16.7 Å². The minimum absolute atomic E-state index is 0.234. The average molecular weight is 315 g/mol. The van der Waals surface area contributed by atoms with Gasteiger partial charge in [0.2, 0.25) is 12.7 Å². The number of ether oxygens (including phenoxy) is 2. The quantitative estimate of drug-likeness (QED) is 0.841. The van der Waals surface area contributed by atoms with Gasteiger partial charge in [-0.05, 0) is 47.3 Å². The lowest BCUT2D eigenvalue weighted by Gasteiger charge is -2.50. The molecule has 1 aromatic carbocycles. The van der Waals surface area contributed by atoms with Crippen molar-refractivity contribution in [2.75, 3.05) is 19.9 Å². The molecule has 2 heterocycles. The number of carbonyl (C=O) groups excluding carboxylic acids is 1. The molecule has 2 atom stereocenters. The largest absolute Gasteiger partial charge is 0.454 e. The molecule has 0 aromatic heterocycles. The van der Waals surface area contributed by atoms with Crippen LogP contribution in [-0.2, 0) is 11.2 Å². The molecular weight excluding hydrogens is 290 g/mol. The molecule has 2 bridgehead atoms. The summed E-state index contributed by atoms with van der Waals surface area (Å²) in [6, 6.07) is 5.80. The average Bonchev–Trinajstić information content (AvgIpc) is 2.97. The topological polar surface area (TPSA) is 38.8 Å². The molecule has 0 spiro atoms. The molecule has 3 aliphatic rings. The summed E-state index contributed by atoms with van der Waals surface area (Å²) in [4.78, 5) is 14.9. The van der Waals surface area contributed by atoms with E-state index >= 15 is 0 Å². The third-order valence-electron chi connectivity index (χ3n) is 6.75. The molecule has 2 fully saturated rings. The smallest absolute Gasteiger partial charge is 0.231 e. The molecule has 1 saturated heterocycles. The first kappa shape index (κ1) is 14.9. The highest BCUT2D eigenvalue weighted by Gasteiger charge is 2.55. The predicted molar refractivity (Wildman–Crippen MR) is 87.5 cm³/mol. The summed E-state index contributed by atoms with van der Waals surface area (Å²) in [5.74, 6) is 2.38. The van der Waals surface area contributed by atoms with Gasteiger partial charge in [-0.1, -0.05) is 26.8 Å². The number of hydrogen-bond donors (Lipinski definition) is 0. The minimum Gasteiger partial charge on any atom is -0.454 e. The van der Waals surface area contributed by atoms with Gasteiger partial charge in [0.1, 0.15) is 0 Å². The maximum atomic E-state index is 12.8. The fraction of sp³-hybridized carbons (Fsp3) is 0.632. The van der Waals surface area contributed by atoms with E-state index in [1.54, 1.807) is 0 Å². The summed E-state index contributed by atoms with van der Waals surface area (Å²) in [6.45, 7) is 9.18. The second-order valence-electron chi connectivity index (χ2n) is 8.16. The second-order valence-corrected chi connectivity index (χ2v) is 8.16. The molecule has 1 aliphatic carbocycles. The first-order valence-electron chi connectivity index (χ1n) is 8.55. The SMILES string of the molecule is CC1(C)C2CC[C@]1(C)CN(C(=O)Cc1ccc3c(c1)OCO3)C2. The van der Waals surface area contributed by atoms with E-state index in [2.05, 4.69) is 25.7 Å². The van der Waals surface area contributed by atoms with Gasteiger partial charge in [-0.15, -0.1) is 0 Å². The van der Waals surface area contributed by atoms with Crippen molar-refractivity contribution in [3.63, 3.8) is 0 Å². The van der Waals surface area contributed by atoms with Crippen molar-refractivity contribution >= 4 is 5.91 Å². The summed E-state index contributed by atoms with van der Waals surface area (Å²) < 4.78 is 10.7. The normalized spacial score (nSPS) is 30.6. The standard InChI is InChI=1S/C19H25NO3/c1-18(2)14-6-7-19(18,3)11-20(10-14)17(21)9-13-4-5-15-16(8-13)23-12-22-15/h4-5,8,14H,6-7,9-12H2,1-3H3/t14?,19-/m1/s1. The van der Waals surface area contributed by atoms with Crippen LogP contribution in [0.1, 0.15) is 39.2 Å². The molecule has 0 radical (unpaired) electrons. The lowest BCUT2D eigenvalue weighted by atomic mass is 9.63. The molecule has 1 amide bonds. The van der Waals surface area contributed by atoms with Crippen molar-refractivity contribution in [2.45, 2.75) is 40.0 Å². The van der Waals surface area contributed by atoms with Crippen LogP contribution >= 0.6 is 0 Å². The van der Waals surface area contributed by atoms with E-state index in [4.69, 9.17) is 9.47 Å². The molecule has 2 aliphatic heterocycles. The number of fused-ring (bicyclic) bond motifs is 3. The molecule has 1 aromatic rings. The highest BCUT2D eigenvalue weighted by Crippen LogP contribution is 2.59. The fourth-order valence-electron chi connectivity index (χ4n) is 4.55. The highest BCUT2D eigenvalue weighted by atomic mass is 16.7. The van der Waals surface area contributed by atoms with E-state index in [-0.39, 0.29) is 18.1 Å². The van der Waals surface area contributed by atoms with Gasteiger partial charge >= 0.3 is 0 Å². The lowest BCUT2D eigenvalue weighted by Crippen LogP contribution is -2.54. The van der Waals surface area contributed by atoms with Gasteiger partial charge in [0.05, 0.1) is 6.42 Å². The van der Waals surface area contributed by atoms with Crippen LogP contribution in [0.25, 0.3) is 0 Å². The van der Waals surface area contributed by atoms with Gasteiger partial charge in [0, 0.05) is 13.1 Å². The zero-order chi connectivity index (χ0) is 16.2. The first-order chi connectivity index (χ1) is 10.9. The number of hydrogen-bond acceptors (Lipinski definition) is 3. The van der Waals surface area contributed by atoms with Crippen LogP contribution in [0.4, 0.5) is 0 Å². The zero-order valence-electron chi connectivity index (χ0n) is 14.2. The van der Waals surface area contributed by atoms with Crippen LogP contribution < -0.4 is 9.47 Å². The van der Waals surface area contributed by atoms with Crippen LogP contribution in [-0.4, -0.2) is 30.7 Å². The van der Waals surface area contributed by atoms with Crippen molar-refractivity contribution in [3.8, 4) is 11.5 Å². The number of likely N-dealkylation sites (tertiary alicyclic amines) is 1. The number of rotatable bonds is 2. The molecule has 4 nitrogen and oxygen atoms in total. The van der Waals surface area contributed by atoms with Gasteiger partial charge < -0.3 is 14.4 Å². The molecule has 1 unspecified atom stereocenters. The van der Waals surface area contributed by atoms with Gasteiger partial charge in [-0.2, -0.15) is 0 Å². The van der Waals surface area contributed by atoms with E-state index in [9.17, 15) is 4.79 Å². The molecule has 124 valence electrons. The monoisotopic (exact) mass is 315 g/mol. The van der Waals surface area contributed by atoms with E-state index in [1.165, 1.54) is 12.8 Å². The van der Waals surface area contributed by atoms with Crippen molar-refractivity contribution in [1.29, 1.82) is 0 Å². The van der Waals surface area contributed by atoms with E-state index in [1.807, 2.05) is 18.2 Å². The van der Waals surface area contributed by atoms with Gasteiger partial charge in [-0.25, -0.2) is 0 Å². The highest BCUT2D eigenvalue weighted by molar-refractivity contribution is 5.79. The van der Waals surface area contributed by atoms with Crippen molar-refractivity contribution in [3.05, 3.63) is 23.8 Å². The number of nitrogens with zero attached hydrogens (tertiary/aromatic N) is 1. The summed E-state index contributed by atoms with van der Waals surface area (Å²) >= 11 is 0. The Morgan fingerprint density at radius 2 is 2.04 bits per heavy atom. The Bertz CT molecular complexity index is 654. The Morgan fingerprint density at radius 1 is 1.26 bits per heavy atom. The van der Waals surface area contributed by atoms with E-state index < -0.39 is 0 Å². The second kappa shape index (κ2) is 4.89. The van der Waals surface area contributed by atoms with Crippen molar-refractivity contribution in [1.82, 2.24) is 4.90 Å². The molecule has 1 saturated carbocycles. The number of carbonyl (C=O) groups is 1. The van der Waals surface area contributed by atoms with Crippen molar-refractivity contribution < 1.29 is 14.3 Å². The Balaban J connectivity index is 1.48. The third-order valence-corrected chi connectivity index (χ3v) is 6.75. The Morgan fingerprint density at radius 3 is 2.83 bits per heavy atom. The summed E-state index contributed by atoms with van der Waals surface area (Å²) in [6.07, 6.45) is 2.93. The summed E-state index contributed by atoms with van der Waals surface area (Å²) in [7, 11) is 0. The number of benzene rings is 1. The maximum absolute atomic E-state index is 12.8. The third kappa shape index (κ3) is 2.22. The number of piperidine rings is 1. The fourth-order valence-corrected chi connectivity index (χ4v) is 4.55. The Labute approximate surface area is 137 Å². The lowest BCUT2D eigenvalue weighted by molar-refractivity contribution is -0.138. The summed E-state index contributed by atoms with van der Waals surface area (Å²) in [5, 5.41) is 0. The van der Waals surface area contributed by atoms with Gasteiger partial charge in [0.25, 0.3) is 0 Å². The van der Waals surface area contributed by atoms with Crippen LogP contribution in [0, 0.1) is 16.7 Å². The molecular formula is C19H25NO3. The minimum atomic E-state index is 0.234. The van der Waals surface area contributed by atoms with E-state index in [0.717, 1.165) is 30.2 Å². The van der Waals surface area contributed by atoms with Crippen LogP contribution in [0.2, 0.25) is 0 Å². The van der Waals surface area contributed by atoms with Gasteiger partial charge in [0.15, 0.2) is 11.5 Å². The molecule has 23 heavy (non-hydrogen) atoms. The molecule has 0 N–H and O–H groups in total. The first-order valence-corrected chi connectivity index (χ1v) is 8.55. The van der Waals surface area contributed by atoms with Crippen LogP contribution in [0.15, 0.2) is 18.2 Å². The number of amides is 1. The van der Waals surface area contributed by atoms with Crippen LogP contribution in [0.5, 0.6) is 11.5 Å². The predicted octanol–water partition coefficient (Wildman–Crippen LogP) is 3.24. The Hall–Kier alpha value is -1.71. The van der Waals surface area contributed by atoms with Crippen LogP contribution in [0.3, 0.4) is 0 Å². The molecule has 4 rings (SSSR count). The molecule has 4 heteroatoms. The maximum Gasteiger partial charge on any atom is 0.231 e. The summed E-state index contributed by atoms with van der Waals surface area (Å²) in [5.41, 5.74) is 1.59. The van der Waals surface area contributed by atoms with Gasteiger partial charge in [-0.3, -0.25) is 4.79 Å².